The van der Waals surface area contributed by atoms with Crippen molar-refractivity contribution in [3.8, 4) is 22.3 Å². The van der Waals surface area contributed by atoms with Crippen LogP contribution in [-0.4, -0.2) is 5.78 Å². The molecular formula is C25H16NOS+. The highest BCUT2D eigenvalue weighted by molar-refractivity contribution is 7.16. The summed E-state index contributed by atoms with van der Waals surface area (Å²) in [6.45, 7) is 2.09. The molecule has 28 heavy (non-hydrogen) atoms. The number of ketones is 1. The number of aromatic nitrogens is 1. The van der Waals surface area contributed by atoms with Gasteiger partial charge in [-0.1, -0.05) is 78.1 Å². The van der Waals surface area contributed by atoms with Crippen molar-refractivity contribution in [1.29, 1.82) is 0 Å². The molecule has 2 aromatic heterocycles. The summed E-state index contributed by atoms with van der Waals surface area (Å²) in [5, 5.41) is 2.46. The predicted molar refractivity (Wildman–Crippen MR) is 114 cm³/mol. The molecule has 0 unspecified atom stereocenters. The van der Waals surface area contributed by atoms with E-state index in [-0.39, 0.29) is 5.78 Å². The first-order valence-electron chi connectivity index (χ1n) is 9.33. The largest absolute Gasteiger partial charge is 0.282 e. The minimum absolute atomic E-state index is 0.0649. The summed E-state index contributed by atoms with van der Waals surface area (Å²) < 4.78 is 2.08. The van der Waals surface area contributed by atoms with E-state index < -0.39 is 0 Å². The van der Waals surface area contributed by atoms with Crippen LogP contribution in [0.3, 0.4) is 0 Å². The number of aryl methyl sites for hydroxylation is 1. The van der Waals surface area contributed by atoms with Gasteiger partial charge in [-0.2, -0.15) is 0 Å². The molecule has 0 saturated carbocycles. The average Bonchev–Trinajstić information content (AvgIpc) is 3.25. The van der Waals surface area contributed by atoms with Gasteiger partial charge in [0.2, 0.25) is 0 Å². The molecule has 132 valence electrons. The molecule has 2 nitrogen and oxygen atoms in total. The van der Waals surface area contributed by atoms with Crippen LogP contribution >= 0.6 is 11.3 Å². The number of hydrogen-bond donors (Lipinski definition) is 0. The van der Waals surface area contributed by atoms with Crippen LogP contribution in [0.25, 0.3) is 37.9 Å². The number of pyridine rings is 1. The standard InChI is InChI=1S/C25H16NOS/c1-15-14-26-21(28-15)13-20-18-11-5-9-16-10-6-12-19(22(16)18)23(20)24(26)25(27)17-7-3-2-4-8-17/h2-14H,1H3/q+1. The van der Waals surface area contributed by atoms with Crippen LogP contribution in [0.15, 0.2) is 79.0 Å². The lowest BCUT2D eigenvalue weighted by Crippen LogP contribution is -2.30. The number of rotatable bonds is 2. The number of hydrogen-bond acceptors (Lipinski definition) is 2. The molecule has 6 rings (SSSR count). The van der Waals surface area contributed by atoms with Crippen molar-refractivity contribution >= 4 is 32.7 Å². The van der Waals surface area contributed by atoms with Gasteiger partial charge >= 0.3 is 0 Å². The van der Waals surface area contributed by atoms with E-state index in [1.54, 1.807) is 11.3 Å². The Bertz CT molecular complexity index is 1420. The average molecular weight is 378 g/mol. The van der Waals surface area contributed by atoms with Gasteiger partial charge in [0.05, 0.1) is 10.4 Å². The smallest absolute Gasteiger partial charge is 0.268 e. The maximum atomic E-state index is 13.7. The second kappa shape index (κ2) is 5.60. The van der Waals surface area contributed by atoms with Gasteiger partial charge in [-0.15, -0.1) is 4.40 Å². The van der Waals surface area contributed by atoms with Crippen LogP contribution in [0, 0.1) is 6.92 Å². The molecule has 0 saturated heterocycles. The molecular weight excluding hydrogens is 362 g/mol. The summed E-state index contributed by atoms with van der Waals surface area (Å²) in [7, 11) is 0. The maximum absolute atomic E-state index is 13.7. The summed E-state index contributed by atoms with van der Waals surface area (Å²) >= 11 is 1.72. The minimum atomic E-state index is 0.0649. The number of thiazole rings is 1. The fourth-order valence-corrected chi connectivity index (χ4v) is 5.32. The zero-order valence-electron chi connectivity index (χ0n) is 15.3. The Balaban J connectivity index is 1.79. The quantitative estimate of drug-likeness (QED) is 0.274. The first-order valence-corrected chi connectivity index (χ1v) is 10.1. The van der Waals surface area contributed by atoms with Crippen molar-refractivity contribution < 1.29 is 9.20 Å². The molecule has 3 heteroatoms. The molecule has 2 heterocycles. The molecule has 0 radical (unpaired) electrons. The van der Waals surface area contributed by atoms with E-state index in [1.165, 1.54) is 21.2 Å². The van der Waals surface area contributed by atoms with E-state index in [1.807, 2.05) is 30.3 Å². The van der Waals surface area contributed by atoms with Gasteiger partial charge in [-0.3, -0.25) is 4.79 Å². The number of benzene rings is 3. The molecule has 1 aliphatic rings. The number of carbonyl (C=O) groups excluding carboxylic acids is 1. The number of nitrogens with zero attached hydrogens (tertiary/aromatic N) is 1. The van der Waals surface area contributed by atoms with Crippen molar-refractivity contribution in [2.45, 2.75) is 6.92 Å². The predicted octanol–water partition coefficient (Wildman–Crippen LogP) is 5.83. The van der Waals surface area contributed by atoms with Crippen LogP contribution in [0.1, 0.15) is 20.9 Å². The van der Waals surface area contributed by atoms with Gasteiger partial charge in [0.15, 0.2) is 6.20 Å². The Morgan fingerprint density at radius 3 is 2.39 bits per heavy atom. The van der Waals surface area contributed by atoms with E-state index in [9.17, 15) is 4.79 Å². The maximum Gasteiger partial charge on any atom is 0.268 e. The lowest BCUT2D eigenvalue weighted by Gasteiger charge is -2.06. The fraction of sp³-hybridized carbons (Fsp3) is 0.0400. The zero-order chi connectivity index (χ0) is 18.8. The molecule has 5 aromatic rings. The van der Waals surface area contributed by atoms with Crippen molar-refractivity contribution in [2.75, 3.05) is 0 Å². The van der Waals surface area contributed by atoms with Gasteiger partial charge in [-0.05, 0) is 28.8 Å². The second-order valence-electron chi connectivity index (χ2n) is 7.24. The van der Waals surface area contributed by atoms with E-state index in [2.05, 4.69) is 60.0 Å². The topological polar surface area (TPSA) is 21.2 Å². The molecule has 0 spiro atoms. The van der Waals surface area contributed by atoms with Crippen LogP contribution < -0.4 is 4.40 Å². The lowest BCUT2D eigenvalue weighted by molar-refractivity contribution is -0.509. The Hall–Kier alpha value is -3.30. The highest BCUT2D eigenvalue weighted by Crippen LogP contribution is 2.48. The van der Waals surface area contributed by atoms with Gasteiger partial charge in [-0.25, -0.2) is 0 Å². The molecule has 3 aromatic carbocycles. The van der Waals surface area contributed by atoms with Crippen molar-refractivity contribution in [2.24, 2.45) is 0 Å². The SMILES string of the molecule is Cc1c[n+]2c(C(=O)c3ccccc3)c3c(cc2s1)-c1cccc2cccc-3c12. The first kappa shape index (κ1) is 15.7. The summed E-state index contributed by atoms with van der Waals surface area (Å²) in [5.41, 5.74) is 6.06. The normalized spacial score (nSPS) is 11.9. The van der Waals surface area contributed by atoms with E-state index in [4.69, 9.17) is 0 Å². The highest BCUT2D eigenvalue weighted by Gasteiger charge is 2.35. The zero-order valence-corrected chi connectivity index (χ0v) is 16.1. The third-order valence-electron chi connectivity index (χ3n) is 5.54. The van der Waals surface area contributed by atoms with E-state index in [0.717, 1.165) is 32.8 Å². The monoisotopic (exact) mass is 378 g/mol. The van der Waals surface area contributed by atoms with Crippen LogP contribution in [0.2, 0.25) is 0 Å². The van der Waals surface area contributed by atoms with Gasteiger partial charge in [0.1, 0.15) is 0 Å². The third-order valence-corrected chi connectivity index (χ3v) is 6.50. The Morgan fingerprint density at radius 2 is 1.61 bits per heavy atom. The molecule has 0 bridgehead atoms. The van der Waals surface area contributed by atoms with Gasteiger partial charge < -0.3 is 0 Å². The second-order valence-corrected chi connectivity index (χ2v) is 8.50. The summed E-state index contributed by atoms with van der Waals surface area (Å²) in [5.74, 6) is 0.0649. The van der Waals surface area contributed by atoms with Crippen LogP contribution in [0.5, 0.6) is 0 Å². The van der Waals surface area contributed by atoms with E-state index >= 15 is 0 Å². The van der Waals surface area contributed by atoms with Crippen molar-refractivity contribution in [3.63, 3.8) is 0 Å². The van der Waals surface area contributed by atoms with E-state index in [0.29, 0.717) is 0 Å². The molecule has 0 fully saturated rings. The molecule has 1 aliphatic carbocycles. The summed E-state index contributed by atoms with van der Waals surface area (Å²) in [6.07, 6.45) is 2.08. The molecule has 0 N–H and O–H groups in total. The molecule has 0 atom stereocenters. The Kier molecular flexibility index (Phi) is 3.15. The third kappa shape index (κ3) is 2.02. The Morgan fingerprint density at radius 1 is 0.857 bits per heavy atom. The molecule has 0 amide bonds. The first-order chi connectivity index (χ1) is 13.7. The van der Waals surface area contributed by atoms with Crippen molar-refractivity contribution in [3.05, 3.63) is 95.1 Å². The minimum Gasteiger partial charge on any atom is -0.282 e. The van der Waals surface area contributed by atoms with Gasteiger partial charge in [0, 0.05) is 17.2 Å². The molecule has 0 aliphatic heterocycles. The van der Waals surface area contributed by atoms with Gasteiger partial charge in [0.25, 0.3) is 16.3 Å². The van der Waals surface area contributed by atoms with Crippen molar-refractivity contribution in [1.82, 2.24) is 0 Å². The number of carbonyl (C=O) groups is 1. The number of fused-ring (bicyclic) bond motifs is 4. The fourth-order valence-electron chi connectivity index (χ4n) is 4.41. The highest BCUT2D eigenvalue weighted by atomic mass is 32.1. The van der Waals surface area contributed by atoms with Crippen LogP contribution in [-0.2, 0) is 0 Å². The van der Waals surface area contributed by atoms with Crippen LogP contribution in [0.4, 0.5) is 0 Å². The lowest BCUT2D eigenvalue weighted by atomic mass is 9.97. The Labute approximate surface area is 166 Å². The summed E-state index contributed by atoms with van der Waals surface area (Å²) in [6, 6.07) is 24.6. The summed E-state index contributed by atoms with van der Waals surface area (Å²) in [4.78, 5) is 16.0.